The third-order valence-electron chi connectivity index (χ3n) is 1.65. The second-order valence-electron chi connectivity index (χ2n) is 3.32. The highest BCUT2D eigenvalue weighted by Gasteiger charge is 2.35. The summed E-state index contributed by atoms with van der Waals surface area (Å²) in [4.78, 5) is 0. The number of phenolic OH excluding ortho intramolecular Hbond substituents is 1. The molecule has 0 unspecified atom stereocenters. The van der Waals surface area contributed by atoms with Crippen molar-refractivity contribution >= 4 is 0 Å². The molecule has 0 atom stereocenters. The third-order valence-corrected chi connectivity index (χ3v) is 1.65. The summed E-state index contributed by atoms with van der Waals surface area (Å²) in [6.45, 7) is 3.18. The maximum atomic E-state index is 12.5. The number of rotatable bonds is 2. The van der Waals surface area contributed by atoms with Crippen LogP contribution >= 0.6 is 0 Å². The molecule has 0 radical (unpaired) electrons. The first-order valence-electron chi connectivity index (χ1n) is 4.38. The fourth-order valence-electron chi connectivity index (χ4n) is 1.11. The van der Waals surface area contributed by atoms with Crippen LogP contribution in [0.3, 0.4) is 0 Å². The van der Waals surface area contributed by atoms with Gasteiger partial charge >= 0.3 is 6.18 Å². The van der Waals surface area contributed by atoms with Gasteiger partial charge in [0.1, 0.15) is 5.56 Å². The average Bonchev–Trinajstić information content (AvgIpc) is 2.05. The van der Waals surface area contributed by atoms with Crippen molar-refractivity contribution in [2.75, 3.05) is 0 Å². The Morgan fingerprint density at radius 3 is 2.33 bits per heavy atom. The average molecular weight is 220 g/mol. The molecule has 0 saturated carbocycles. The Kier molecular flexibility index (Phi) is 3.12. The Balaban J connectivity index is 3.21. The molecule has 0 aromatic heterocycles. The number of phenols is 1. The van der Waals surface area contributed by atoms with E-state index in [4.69, 9.17) is 4.74 Å². The van der Waals surface area contributed by atoms with Gasteiger partial charge in [-0.1, -0.05) is 6.07 Å². The quantitative estimate of drug-likeness (QED) is 0.829. The van der Waals surface area contributed by atoms with Crippen molar-refractivity contribution < 1.29 is 23.0 Å². The summed E-state index contributed by atoms with van der Waals surface area (Å²) in [5, 5.41) is 9.28. The number of aromatic hydroxyl groups is 1. The van der Waals surface area contributed by atoms with Gasteiger partial charge in [-0.3, -0.25) is 0 Å². The number of hydrogen-bond donors (Lipinski definition) is 1. The van der Waals surface area contributed by atoms with Crippen LogP contribution in [0.25, 0.3) is 0 Å². The molecule has 0 amide bonds. The molecule has 0 heterocycles. The van der Waals surface area contributed by atoms with E-state index in [2.05, 4.69) is 0 Å². The number of benzene rings is 1. The molecular formula is C10H11F3O2. The summed E-state index contributed by atoms with van der Waals surface area (Å²) >= 11 is 0. The summed E-state index contributed by atoms with van der Waals surface area (Å²) in [7, 11) is 0. The lowest BCUT2D eigenvalue weighted by Crippen LogP contribution is -2.12. The number of ether oxygens (including phenoxy) is 1. The molecule has 0 aliphatic carbocycles. The summed E-state index contributed by atoms with van der Waals surface area (Å²) in [6.07, 6.45) is -4.96. The van der Waals surface area contributed by atoms with E-state index >= 15 is 0 Å². The van der Waals surface area contributed by atoms with E-state index in [0.29, 0.717) is 0 Å². The van der Waals surface area contributed by atoms with Crippen LogP contribution in [0.4, 0.5) is 13.2 Å². The third kappa shape index (κ3) is 2.78. The monoisotopic (exact) mass is 220 g/mol. The zero-order chi connectivity index (χ0) is 11.6. The van der Waals surface area contributed by atoms with Crippen molar-refractivity contribution in [3.05, 3.63) is 23.8 Å². The van der Waals surface area contributed by atoms with Gasteiger partial charge in [0.05, 0.1) is 6.10 Å². The van der Waals surface area contributed by atoms with Crippen LogP contribution in [-0.4, -0.2) is 11.2 Å². The van der Waals surface area contributed by atoms with Gasteiger partial charge in [0.15, 0.2) is 11.5 Å². The van der Waals surface area contributed by atoms with E-state index < -0.39 is 29.3 Å². The van der Waals surface area contributed by atoms with Gasteiger partial charge in [0.2, 0.25) is 0 Å². The van der Waals surface area contributed by atoms with E-state index in [1.54, 1.807) is 13.8 Å². The molecule has 1 aromatic carbocycles. The predicted molar refractivity (Wildman–Crippen MR) is 48.9 cm³/mol. The van der Waals surface area contributed by atoms with E-state index in [-0.39, 0.29) is 0 Å². The molecule has 15 heavy (non-hydrogen) atoms. The SMILES string of the molecule is CC(C)Oc1c(O)cccc1C(F)(F)F. The summed E-state index contributed by atoms with van der Waals surface area (Å²) < 4.78 is 42.4. The molecule has 0 saturated heterocycles. The van der Waals surface area contributed by atoms with Crippen LogP contribution in [0.1, 0.15) is 19.4 Å². The van der Waals surface area contributed by atoms with E-state index in [1.165, 1.54) is 0 Å². The molecular weight excluding hydrogens is 209 g/mol. The van der Waals surface area contributed by atoms with Gasteiger partial charge in [-0.25, -0.2) is 0 Å². The van der Waals surface area contributed by atoms with Crippen LogP contribution in [0.15, 0.2) is 18.2 Å². The Morgan fingerprint density at radius 2 is 1.87 bits per heavy atom. The summed E-state index contributed by atoms with van der Waals surface area (Å²) in [5.41, 5.74) is -0.962. The minimum Gasteiger partial charge on any atom is -0.504 e. The lowest BCUT2D eigenvalue weighted by atomic mass is 10.2. The normalized spacial score (nSPS) is 11.9. The molecule has 1 aromatic rings. The molecule has 84 valence electrons. The molecule has 5 heteroatoms. The number of para-hydroxylation sites is 1. The minimum absolute atomic E-state index is 0.431. The van der Waals surface area contributed by atoms with Crippen LogP contribution < -0.4 is 4.74 Å². The van der Waals surface area contributed by atoms with Gasteiger partial charge in [-0.05, 0) is 26.0 Å². The molecule has 0 bridgehead atoms. The highest BCUT2D eigenvalue weighted by Crippen LogP contribution is 2.41. The van der Waals surface area contributed by atoms with E-state index in [9.17, 15) is 18.3 Å². The highest BCUT2D eigenvalue weighted by atomic mass is 19.4. The number of hydrogen-bond acceptors (Lipinski definition) is 2. The van der Waals surface area contributed by atoms with Gasteiger partial charge in [-0.15, -0.1) is 0 Å². The Morgan fingerprint density at radius 1 is 1.27 bits per heavy atom. The maximum absolute atomic E-state index is 12.5. The smallest absolute Gasteiger partial charge is 0.420 e. The first kappa shape index (κ1) is 11.7. The lowest BCUT2D eigenvalue weighted by molar-refractivity contribution is -0.139. The van der Waals surface area contributed by atoms with Gasteiger partial charge in [-0.2, -0.15) is 13.2 Å². The topological polar surface area (TPSA) is 29.5 Å². The van der Waals surface area contributed by atoms with Crippen LogP contribution in [-0.2, 0) is 6.18 Å². The second kappa shape index (κ2) is 4.00. The zero-order valence-corrected chi connectivity index (χ0v) is 8.30. The molecule has 0 spiro atoms. The largest absolute Gasteiger partial charge is 0.504 e. The highest BCUT2D eigenvalue weighted by molar-refractivity contribution is 5.47. The van der Waals surface area contributed by atoms with Gasteiger partial charge in [0.25, 0.3) is 0 Å². The van der Waals surface area contributed by atoms with Crippen LogP contribution in [0.2, 0.25) is 0 Å². The van der Waals surface area contributed by atoms with Crippen molar-refractivity contribution in [2.24, 2.45) is 0 Å². The van der Waals surface area contributed by atoms with E-state index in [1.807, 2.05) is 0 Å². The first-order valence-corrected chi connectivity index (χ1v) is 4.38. The van der Waals surface area contributed by atoms with Crippen molar-refractivity contribution in [1.29, 1.82) is 0 Å². The van der Waals surface area contributed by atoms with Crippen molar-refractivity contribution in [1.82, 2.24) is 0 Å². The first-order chi connectivity index (χ1) is 6.82. The lowest BCUT2D eigenvalue weighted by Gasteiger charge is -2.16. The molecule has 0 fully saturated rings. The van der Waals surface area contributed by atoms with Gasteiger partial charge in [0, 0.05) is 0 Å². The predicted octanol–water partition coefficient (Wildman–Crippen LogP) is 3.20. The number of alkyl halides is 3. The Hall–Kier alpha value is -1.39. The fourth-order valence-corrected chi connectivity index (χ4v) is 1.11. The zero-order valence-electron chi connectivity index (χ0n) is 8.30. The van der Waals surface area contributed by atoms with Crippen LogP contribution in [0.5, 0.6) is 11.5 Å². The molecule has 2 nitrogen and oxygen atoms in total. The molecule has 1 N–H and O–H groups in total. The minimum atomic E-state index is -4.52. The summed E-state index contributed by atoms with van der Waals surface area (Å²) in [5.74, 6) is -1.02. The van der Waals surface area contributed by atoms with Crippen LogP contribution in [0, 0.1) is 0 Å². The van der Waals surface area contributed by atoms with Crippen molar-refractivity contribution in [3.63, 3.8) is 0 Å². The van der Waals surface area contributed by atoms with Crippen molar-refractivity contribution in [3.8, 4) is 11.5 Å². The Bertz CT molecular complexity index is 345. The second-order valence-corrected chi connectivity index (χ2v) is 3.32. The standard InChI is InChI=1S/C10H11F3O2/c1-6(2)15-9-7(10(11,12)13)4-3-5-8(9)14/h3-6,14H,1-2H3. The van der Waals surface area contributed by atoms with Gasteiger partial charge < -0.3 is 9.84 Å². The molecule has 1 rings (SSSR count). The Labute approximate surface area is 85.3 Å². The number of halogens is 3. The summed E-state index contributed by atoms with van der Waals surface area (Å²) in [6, 6.07) is 3.16. The molecule has 0 aliphatic heterocycles. The van der Waals surface area contributed by atoms with E-state index in [0.717, 1.165) is 18.2 Å². The molecule has 0 aliphatic rings. The fraction of sp³-hybridized carbons (Fsp3) is 0.400. The maximum Gasteiger partial charge on any atom is 0.420 e. The van der Waals surface area contributed by atoms with Crippen molar-refractivity contribution in [2.45, 2.75) is 26.1 Å².